The van der Waals surface area contributed by atoms with Gasteiger partial charge in [0, 0.05) is 0 Å². The third kappa shape index (κ3) is 1.46. The van der Waals surface area contributed by atoms with Gasteiger partial charge in [-0.2, -0.15) is 0 Å². The Bertz CT molecular complexity index is 488. The highest BCUT2D eigenvalue weighted by molar-refractivity contribution is 5.79. The third-order valence-corrected chi connectivity index (χ3v) is 1.99. The zero-order chi connectivity index (χ0) is 10.1. The number of primary amides is 1. The number of aromatic nitrogens is 1. The minimum absolute atomic E-state index is 0.0497. The number of para-hydroxylation sites is 1. The van der Waals surface area contributed by atoms with Gasteiger partial charge in [-0.25, -0.2) is 4.98 Å². The second kappa shape index (κ2) is 3.14. The number of amides is 1. The van der Waals surface area contributed by atoms with Crippen molar-refractivity contribution in [1.29, 1.82) is 0 Å². The lowest BCUT2D eigenvalue weighted by atomic mass is 10.2. The number of oxazole rings is 1. The molecule has 0 bridgehead atoms. The second-order valence-electron chi connectivity index (χ2n) is 3.17. The first-order valence-electron chi connectivity index (χ1n) is 4.30. The fourth-order valence-electron chi connectivity index (χ4n) is 1.36. The molecule has 0 aliphatic rings. The Hall–Kier alpha value is -1.84. The van der Waals surface area contributed by atoms with Crippen LogP contribution in [0.1, 0.15) is 11.5 Å². The first-order valence-corrected chi connectivity index (χ1v) is 4.30. The topological polar surface area (TPSA) is 69.1 Å². The maximum atomic E-state index is 10.7. The zero-order valence-electron chi connectivity index (χ0n) is 7.78. The maximum Gasteiger partial charge on any atom is 0.226 e. The average molecular weight is 190 g/mol. The van der Waals surface area contributed by atoms with Crippen molar-refractivity contribution in [2.45, 2.75) is 13.3 Å². The summed E-state index contributed by atoms with van der Waals surface area (Å²) in [7, 11) is 0. The molecule has 1 aromatic heterocycles. The molecule has 2 aromatic rings. The molecule has 1 aromatic carbocycles. The van der Waals surface area contributed by atoms with Crippen LogP contribution in [0.3, 0.4) is 0 Å². The van der Waals surface area contributed by atoms with E-state index in [4.69, 9.17) is 10.2 Å². The van der Waals surface area contributed by atoms with Crippen LogP contribution in [0.25, 0.3) is 11.1 Å². The van der Waals surface area contributed by atoms with Gasteiger partial charge in [-0.3, -0.25) is 4.79 Å². The van der Waals surface area contributed by atoms with Gasteiger partial charge >= 0.3 is 0 Å². The first kappa shape index (κ1) is 8.74. The summed E-state index contributed by atoms with van der Waals surface area (Å²) in [5, 5.41) is 0. The van der Waals surface area contributed by atoms with Gasteiger partial charge in [-0.15, -0.1) is 0 Å². The molecule has 0 aliphatic heterocycles. The smallest absolute Gasteiger partial charge is 0.226 e. The summed E-state index contributed by atoms with van der Waals surface area (Å²) in [6, 6.07) is 5.65. The first-order chi connectivity index (χ1) is 6.66. The zero-order valence-corrected chi connectivity index (χ0v) is 7.78. The van der Waals surface area contributed by atoms with Crippen molar-refractivity contribution in [3.8, 4) is 0 Å². The van der Waals surface area contributed by atoms with Crippen LogP contribution in [-0.4, -0.2) is 10.9 Å². The van der Waals surface area contributed by atoms with Gasteiger partial charge in [0.05, 0.1) is 0 Å². The van der Waals surface area contributed by atoms with Crippen LogP contribution in [0.2, 0.25) is 0 Å². The Morgan fingerprint density at radius 1 is 1.57 bits per heavy atom. The maximum absolute atomic E-state index is 10.7. The van der Waals surface area contributed by atoms with Crippen molar-refractivity contribution in [1.82, 2.24) is 4.98 Å². The van der Waals surface area contributed by atoms with Crippen molar-refractivity contribution >= 4 is 17.0 Å². The number of rotatable bonds is 2. The molecule has 0 saturated heterocycles. The van der Waals surface area contributed by atoms with Crippen LogP contribution < -0.4 is 5.73 Å². The van der Waals surface area contributed by atoms with E-state index in [0.29, 0.717) is 11.5 Å². The van der Waals surface area contributed by atoms with Gasteiger partial charge in [0.1, 0.15) is 11.9 Å². The minimum Gasteiger partial charge on any atom is -0.440 e. The van der Waals surface area contributed by atoms with Gasteiger partial charge < -0.3 is 10.2 Å². The predicted molar refractivity (Wildman–Crippen MR) is 51.6 cm³/mol. The fraction of sp³-hybridized carbons (Fsp3) is 0.200. The van der Waals surface area contributed by atoms with E-state index in [1.54, 1.807) is 0 Å². The molecule has 4 heteroatoms. The number of hydrogen-bond donors (Lipinski definition) is 1. The molecule has 1 heterocycles. The summed E-state index contributed by atoms with van der Waals surface area (Å²) in [6.07, 6.45) is 0.0497. The lowest BCUT2D eigenvalue weighted by Gasteiger charge is -1.88. The number of carbonyl (C=O) groups is 1. The van der Waals surface area contributed by atoms with Crippen molar-refractivity contribution in [3.63, 3.8) is 0 Å². The van der Waals surface area contributed by atoms with E-state index in [0.717, 1.165) is 11.1 Å². The summed E-state index contributed by atoms with van der Waals surface area (Å²) in [6.45, 7) is 1.94. The van der Waals surface area contributed by atoms with Crippen LogP contribution in [0.5, 0.6) is 0 Å². The Labute approximate surface area is 80.7 Å². The molecule has 0 unspecified atom stereocenters. The summed E-state index contributed by atoms with van der Waals surface area (Å²) < 4.78 is 5.35. The SMILES string of the molecule is Cc1cccc2oc(CC(N)=O)nc12. The molecule has 0 atom stereocenters. The van der Waals surface area contributed by atoms with E-state index in [1.165, 1.54) is 0 Å². The third-order valence-electron chi connectivity index (χ3n) is 1.99. The summed E-state index contributed by atoms with van der Waals surface area (Å²) >= 11 is 0. The largest absolute Gasteiger partial charge is 0.440 e. The van der Waals surface area contributed by atoms with E-state index >= 15 is 0 Å². The Morgan fingerprint density at radius 2 is 2.36 bits per heavy atom. The van der Waals surface area contributed by atoms with Gasteiger partial charge in [0.2, 0.25) is 11.8 Å². The molecule has 14 heavy (non-hydrogen) atoms. The summed E-state index contributed by atoms with van der Waals surface area (Å²) in [5.41, 5.74) is 7.57. The van der Waals surface area contributed by atoms with Crippen LogP contribution in [0.4, 0.5) is 0 Å². The van der Waals surface area contributed by atoms with Crippen LogP contribution in [-0.2, 0) is 11.2 Å². The molecule has 0 aliphatic carbocycles. The van der Waals surface area contributed by atoms with Crippen LogP contribution >= 0.6 is 0 Å². The Balaban J connectivity index is 2.51. The van der Waals surface area contributed by atoms with E-state index < -0.39 is 5.91 Å². The standard InChI is InChI=1S/C10H10N2O2/c1-6-3-2-4-7-10(6)12-9(14-7)5-8(11)13/h2-4H,5H2,1H3,(H2,11,13). The lowest BCUT2D eigenvalue weighted by molar-refractivity contribution is -0.117. The number of aryl methyl sites for hydroxylation is 1. The van der Waals surface area contributed by atoms with Gasteiger partial charge in [0.25, 0.3) is 0 Å². The van der Waals surface area contributed by atoms with Crippen molar-refractivity contribution in [3.05, 3.63) is 29.7 Å². The quantitative estimate of drug-likeness (QED) is 0.772. The predicted octanol–water partition coefficient (Wildman–Crippen LogP) is 1.16. The highest BCUT2D eigenvalue weighted by Crippen LogP contribution is 2.18. The van der Waals surface area contributed by atoms with Crippen molar-refractivity contribution in [2.24, 2.45) is 5.73 Å². The minimum atomic E-state index is -0.436. The van der Waals surface area contributed by atoms with E-state index in [-0.39, 0.29) is 6.42 Å². The summed E-state index contributed by atoms with van der Waals surface area (Å²) in [5.74, 6) is -0.0593. The molecular formula is C10H10N2O2. The average Bonchev–Trinajstić information content (AvgIpc) is 2.47. The lowest BCUT2D eigenvalue weighted by Crippen LogP contribution is -2.13. The normalized spacial score (nSPS) is 10.6. The number of benzene rings is 1. The molecule has 0 saturated carbocycles. The van der Waals surface area contributed by atoms with Gasteiger partial charge in [-0.05, 0) is 18.6 Å². The van der Waals surface area contributed by atoms with Crippen molar-refractivity contribution < 1.29 is 9.21 Å². The number of fused-ring (bicyclic) bond motifs is 1. The monoisotopic (exact) mass is 190 g/mol. The van der Waals surface area contributed by atoms with E-state index in [9.17, 15) is 4.79 Å². The summed E-state index contributed by atoms with van der Waals surface area (Å²) in [4.78, 5) is 14.8. The fourth-order valence-corrected chi connectivity index (χ4v) is 1.36. The number of nitrogens with two attached hydrogens (primary N) is 1. The molecular weight excluding hydrogens is 180 g/mol. The van der Waals surface area contributed by atoms with Crippen LogP contribution in [0, 0.1) is 6.92 Å². The number of hydrogen-bond acceptors (Lipinski definition) is 3. The molecule has 0 fully saturated rings. The van der Waals surface area contributed by atoms with Gasteiger partial charge in [0.15, 0.2) is 5.58 Å². The Kier molecular flexibility index (Phi) is 1.96. The number of nitrogens with zero attached hydrogens (tertiary/aromatic N) is 1. The van der Waals surface area contributed by atoms with E-state index in [1.807, 2.05) is 25.1 Å². The molecule has 0 radical (unpaired) electrons. The molecule has 0 spiro atoms. The molecule has 2 N–H and O–H groups in total. The molecule has 4 nitrogen and oxygen atoms in total. The highest BCUT2D eigenvalue weighted by atomic mass is 16.3. The van der Waals surface area contributed by atoms with E-state index in [2.05, 4.69) is 4.98 Å². The highest BCUT2D eigenvalue weighted by Gasteiger charge is 2.09. The molecule has 72 valence electrons. The van der Waals surface area contributed by atoms with Crippen LogP contribution in [0.15, 0.2) is 22.6 Å². The molecule has 1 amide bonds. The number of carbonyl (C=O) groups excluding carboxylic acids is 1. The Morgan fingerprint density at radius 3 is 3.00 bits per heavy atom. The van der Waals surface area contributed by atoms with Crippen molar-refractivity contribution in [2.75, 3.05) is 0 Å². The second-order valence-corrected chi connectivity index (χ2v) is 3.17. The molecule has 2 rings (SSSR count). The van der Waals surface area contributed by atoms with Gasteiger partial charge in [-0.1, -0.05) is 12.1 Å².